The molecule has 10 nitrogen and oxygen atoms in total. The Bertz CT molecular complexity index is 1200. The minimum Gasteiger partial charge on any atom is -0.491 e. The highest BCUT2D eigenvalue weighted by Crippen LogP contribution is 2.37. The van der Waals surface area contributed by atoms with Gasteiger partial charge in [0.2, 0.25) is 0 Å². The van der Waals surface area contributed by atoms with Crippen LogP contribution in [0.15, 0.2) is 30.7 Å². The van der Waals surface area contributed by atoms with E-state index in [1.807, 2.05) is 31.1 Å². The molecule has 0 N–H and O–H groups in total. The van der Waals surface area contributed by atoms with Crippen molar-refractivity contribution >= 4 is 17.3 Å². The van der Waals surface area contributed by atoms with Gasteiger partial charge < -0.3 is 14.4 Å². The normalized spacial score (nSPS) is 12.5. The van der Waals surface area contributed by atoms with Crippen molar-refractivity contribution < 1.29 is 14.3 Å². The van der Waals surface area contributed by atoms with Gasteiger partial charge in [-0.2, -0.15) is 10.4 Å². The van der Waals surface area contributed by atoms with Crippen LogP contribution < -0.4 is 19.3 Å². The first kappa shape index (κ1) is 20.2. The first-order valence-electron chi connectivity index (χ1n) is 9.47. The fraction of sp³-hybridized carbons (Fsp3) is 0.286. The number of amides is 1. The molecule has 0 unspecified atom stereocenters. The van der Waals surface area contributed by atoms with E-state index in [1.165, 1.54) is 11.8 Å². The van der Waals surface area contributed by atoms with Crippen molar-refractivity contribution in [2.24, 2.45) is 0 Å². The third-order valence-electron chi connectivity index (χ3n) is 5.01. The molecule has 0 saturated heterocycles. The molecule has 4 heterocycles. The Morgan fingerprint density at radius 3 is 2.71 bits per heavy atom. The van der Waals surface area contributed by atoms with Gasteiger partial charge in [0, 0.05) is 32.1 Å². The van der Waals surface area contributed by atoms with E-state index in [0.717, 1.165) is 11.3 Å². The SMILES string of the molecule is COc1cc(-c2cc(N(C)C)c3c(n2)CN(c2cnn(CC#N)c2)C3=O)cnc1OC. The van der Waals surface area contributed by atoms with Crippen LogP contribution in [0, 0.1) is 11.3 Å². The molecule has 1 amide bonds. The maximum atomic E-state index is 13.2. The molecule has 3 aromatic rings. The number of carbonyl (C=O) groups is 1. The van der Waals surface area contributed by atoms with Crippen LogP contribution in [0.3, 0.4) is 0 Å². The van der Waals surface area contributed by atoms with Crippen molar-refractivity contribution in [1.29, 1.82) is 5.26 Å². The standard InChI is InChI=1S/C21H21N7O3/c1-26(2)17-8-15(13-7-18(30-3)20(31-4)23-9-13)25-16-12-28(21(29)19(16)17)14-10-24-27(11-14)6-5-22/h7-11H,6,12H2,1-4H3. The van der Waals surface area contributed by atoms with E-state index in [1.54, 1.807) is 36.7 Å². The fourth-order valence-electron chi connectivity index (χ4n) is 3.52. The maximum Gasteiger partial charge on any atom is 0.262 e. The number of pyridine rings is 2. The van der Waals surface area contributed by atoms with E-state index >= 15 is 0 Å². The Kier molecular flexibility index (Phi) is 5.17. The molecule has 10 heteroatoms. The molecule has 0 radical (unpaired) electrons. The second-order valence-corrected chi connectivity index (χ2v) is 7.12. The number of anilines is 2. The van der Waals surface area contributed by atoms with Gasteiger partial charge in [0.25, 0.3) is 11.8 Å². The molecule has 31 heavy (non-hydrogen) atoms. The summed E-state index contributed by atoms with van der Waals surface area (Å²) >= 11 is 0. The van der Waals surface area contributed by atoms with E-state index in [4.69, 9.17) is 19.7 Å². The van der Waals surface area contributed by atoms with Crippen molar-refractivity contribution in [3.05, 3.63) is 42.0 Å². The first-order valence-corrected chi connectivity index (χ1v) is 9.47. The van der Waals surface area contributed by atoms with E-state index < -0.39 is 0 Å². The van der Waals surface area contributed by atoms with Crippen molar-refractivity contribution in [3.8, 4) is 29.0 Å². The van der Waals surface area contributed by atoms with Gasteiger partial charge in [-0.3, -0.25) is 14.4 Å². The largest absolute Gasteiger partial charge is 0.491 e. The number of rotatable bonds is 6. The van der Waals surface area contributed by atoms with E-state index in [0.29, 0.717) is 40.8 Å². The lowest BCUT2D eigenvalue weighted by Gasteiger charge is -2.18. The monoisotopic (exact) mass is 419 g/mol. The van der Waals surface area contributed by atoms with Gasteiger partial charge in [0.05, 0.1) is 61.4 Å². The van der Waals surface area contributed by atoms with Gasteiger partial charge in [-0.15, -0.1) is 0 Å². The number of carbonyl (C=O) groups excluding carboxylic acids is 1. The van der Waals surface area contributed by atoms with Gasteiger partial charge in [-0.05, 0) is 12.1 Å². The Morgan fingerprint density at radius 1 is 1.23 bits per heavy atom. The third-order valence-corrected chi connectivity index (χ3v) is 5.01. The van der Waals surface area contributed by atoms with Gasteiger partial charge >= 0.3 is 0 Å². The molecule has 3 aromatic heterocycles. The summed E-state index contributed by atoms with van der Waals surface area (Å²) in [6, 6.07) is 5.71. The van der Waals surface area contributed by atoms with Crippen LogP contribution in [0.2, 0.25) is 0 Å². The van der Waals surface area contributed by atoms with Crippen LogP contribution in [0.4, 0.5) is 11.4 Å². The highest BCUT2D eigenvalue weighted by molar-refractivity contribution is 6.13. The minimum atomic E-state index is -0.153. The van der Waals surface area contributed by atoms with Crippen LogP contribution in [-0.4, -0.2) is 54.0 Å². The topological polar surface area (TPSA) is 109 Å². The summed E-state index contributed by atoms with van der Waals surface area (Å²) in [4.78, 5) is 25.8. The predicted octanol–water partition coefficient (Wildman–Crippen LogP) is 2.11. The number of fused-ring (bicyclic) bond motifs is 1. The zero-order valence-corrected chi connectivity index (χ0v) is 17.7. The van der Waals surface area contributed by atoms with Crippen LogP contribution in [0.5, 0.6) is 11.6 Å². The van der Waals surface area contributed by atoms with Gasteiger partial charge in [-0.25, -0.2) is 9.97 Å². The molecule has 1 aliphatic heterocycles. The summed E-state index contributed by atoms with van der Waals surface area (Å²) in [5, 5.41) is 13.0. The first-order chi connectivity index (χ1) is 15.0. The molecule has 4 rings (SSSR count). The second-order valence-electron chi connectivity index (χ2n) is 7.12. The quantitative estimate of drug-likeness (QED) is 0.598. The number of hydrogen-bond acceptors (Lipinski definition) is 8. The number of methoxy groups -OCH3 is 2. The summed E-state index contributed by atoms with van der Waals surface area (Å²) in [5.41, 5.74) is 4.01. The maximum absolute atomic E-state index is 13.2. The van der Waals surface area contributed by atoms with Crippen LogP contribution >= 0.6 is 0 Å². The number of aromatic nitrogens is 4. The molecule has 0 aliphatic carbocycles. The Hall–Kier alpha value is -4.13. The molecular formula is C21H21N7O3. The lowest BCUT2D eigenvalue weighted by atomic mass is 10.1. The molecule has 0 bridgehead atoms. The van der Waals surface area contributed by atoms with Crippen molar-refractivity contribution in [2.75, 3.05) is 38.1 Å². The molecule has 0 aromatic carbocycles. The lowest BCUT2D eigenvalue weighted by molar-refractivity contribution is 0.0997. The molecule has 158 valence electrons. The zero-order valence-electron chi connectivity index (χ0n) is 17.7. The van der Waals surface area contributed by atoms with Crippen molar-refractivity contribution in [3.63, 3.8) is 0 Å². The second kappa shape index (κ2) is 7.95. The van der Waals surface area contributed by atoms with E-state index in [-0.39, 0.29) is 12.5 Å². The van der Waals surface area contributed by atoms with Crippen LogP contribution in [0.25, 0.3) is 11.3 Å². The van der Waals surface area contributed by atoms with Gasteiger partial charge in [-0.1, -0.05) is 0 Å². The molecule has 0 fully saturated rings. The lowest BCUT2D eigenvalue weighted by Crippen LogP contribution is -2.24. The Morgan fingerprint density at radius 2 is 2.03 bits per heavy atom. The zero-order chi connectivity index (χ0) is 22.1. The van der Waals surface area contributed by atoms with E-state index in [9.17, 15) is 4.79 Å². The highest BCUT2D eigenvalue weighted by Gasteiger charge is 2.34. The average molecular weight is 419 g/mol. The molecule has 0 atom stereocenters. The molecular weight excluding hydrogens is 398 g/mol. The average Bonchev–Trinajstić information content (AvgIpc) is 3.37. The van der Waals surface area contributed by atoms with E-state index in [2.05, 4.69) is 10.1 Å². The predicted molar refractivity (Wildman–Crippen MR) is 113 cm³/mol. The summed E-state index contributed by atoms with van der Waals surface area (Å²) in [6.07, 6.45) is 4.92. The smallest absolute Gasteiger partial charge is 0.262 e. The highest BCUT2D eigenvalue weighted by atomic mass is 16.5. The van der Waals surface area contributed by atoms with Gasteiger partial charge in [0.1, 0.15) is 6.54 Å². The van der Waals surface area contributed by atoms with Crippen molar-refractivity contribution in [1.82, 2.24) is 19.7 Å². The summed E-state index contributed by atoms with van der Waals surface area (Å²) < 4.78 is 12.1. The number of hydrogen-bond donors (Lipinski definition) is 0. The third kappa shape index (κ3) is 3.50. The van der Waals surface area contributed by atoms with Gasteiger partial charge in [0.15, 0.2) is 5.75 Å². The summed E-state index contributed by atoms with van der Waals surface area (Å²) in [7, 11) is 6.84. The number of nitrogens with zero attached hydrogens (tertiary/aromatic N) is 7. The molecule has 0 spiro atoms. The Labute approximate surface area is 179 Å². The molecule has 0 saturated carbocycles. The number of nitriles is 1. The fourth-order valence-corrected chi connectivity index (χ4v) is 3.52. The van der Waals surface area contributed by atoms with Crippen LogP contribution in [0.1, 0.15) is 16.1 Å². The summed E-state index contributed by atoms with van der Waals surface area (Å²) in [5.74, 6) is 0.729. The van der Waals surface area contributed by atoms with Crippen molar-refractivity contribution in [2.45, 2.75) is 13.1 Å². The molecule has 1 aliphatic rings. The van der Waals surface area contributed by atoms with Crippen LogP contribution in [-0.2, 0) is 13.1 Å². The Balaban J connectivity index is 1.77. The summed E-state index contributed by atoms with van der Waals surface area (Å²) in [6.45, 7) is 0.425. The minimum absolute atomic E-state index is 0.118. The number of ether oxygens (including phenoxy) is 2.